The van der Waals surface area contributed by atoms with E-state index in [1.165, 1.54) is 18.4 Å². The molecule has 0 spiro atoms. The van der Waals surface area contributed by atoms with Gasteiger partial charge in [0, 0.05) is 17.0 Å². The Labute approximate surface area is 131 Å². The molecule has 1 aliphatic rings. The number of hydrogen-bond acceptors (Lipinski definition) is 2. The van der Waals surface area contributed by atoms with Crippen molar-refractivity contribution in [1.29, 1.82) is 0 Å². The lowest BCUT2D eigenvalue weighted by molar-refractivity contribution is -0.122. The molecule has 1 aromatic carbocycles. The first kappa shape index (κ1) is 17.3. The Morgan fingerprint density at radius 3 is 2.65 bits per heavy atom. The molecule has 0 aliphatic heterocycles. The molecular formula is C15H22Cl2N2O. The molecule has 0 bridgehead atoms. The van der Waals surface area contributed by atoms with Crippen LogP contribution in [0.25, 0.3) is 0 Å². The Balaban J connectivity index is 0.00000200. The van der Waals surface area contributed by atoms with Gasteiger partial charge in [-0.25, -0.2) is 0 Å². The summed E-state index contributed by atoms with van der Waals surface area (Å²) < 4.78 is 0. The maximum Gasteiger partial charge on any atom is 0.236 e. The Hall–Kier alpha value is -0.770. The third-order valence-electron chi connectivity index (χ3n) is 4.01. The summed E-state index contributed by atoms with van der Waals surface area (Å²) in [5.74, 6) is -0.0895. The number of nitrogens with two attached hydrogens (primary N) is 1. The number of amides is 1. The topological polar surface area (TPSA) is 55.1 Å². The average Bonchev–Trinajstić information content (AvgIpc) is 2.86. The zero-order valence-electron chi connectivity index (χ0n) is 11.7. The maximum absolute atomic E-state index is 11.7. The van der Waals surface area contributed by atoms with Gasteiger partial charge < -0.3 is 11.1 Å². The highest BCUT2D eigenvalue weighted by atomic mass is 35.5. The third kappa shape index (κ3) is 3.87. The van der Waals surface area contributed by atoms with Gasteiger partial charge in [-0.1, -0.05) is 36.6 Å². The van der Waals surface area contributed by atoms with Crippen molar-refractivity contribution in [2.24, 2.45) is 5.73 Å². The minimum Gasteiger partial charge on any atom is -0.354 e. The number of nitrogens with one attached hydrogen (secondary N) is 1. The van der Waals surface area contributed by atoms with Gasteiger partial charge >= 0.3 is 0 Å². The molecular weight excluding hydrogens is 295 g/mol. The van der Waals surface area contributed by atoms with E-state index in [2.05, 4.69) is 11.4 Å². The van der Waals surface area contributed by atoms with Crippen LogP contribution < -0.4 is 11.1 Å². The first-order chi connectivity index (χ1) is 9.03. The zero-order valence-corrected chi connectivity index (χ0v) is 13.3. The van der Waals surface area contributed by atoms with E-state index in [0.717, 1.165) is 17.9 Å². The zero-order chi connectivity index (χ0) is 13.9. The summed E-state index contributed by atoms with van der Waals surface area (Å²) in [7, 11) is 0. The van der Waals surface area contributed by atoms with Crippen molar-refractivity contribution in [3.63, 3.8) is 0 Å². The summed E-state index contributed by atoms with van der Waals surface area (Å²) in [6, 6.07) is 7.53. The van der Waals surface area contributed by atoms with E-state index in [1.54, 1.807) is 6.92 Å². The van der Waals surface area contributed by atoms with Gasteiger partial charge in [-0.05, 0) is 37.5 Å². The van der Waals surface area contributed by atoms with Crippen LogP contribution >= 0.6 is 24.0 Å². The summed E-state index contributed by atoms with van der Waals surface area (Å²) in [5, 5.41) is 3.73. The lowest BCUT2D eigenvalue weighted by Gasteiger charge is -2.30. The van der Waals surface area contributed by atoms with Gasteiger partial charge in [0.05, 0.1) is 6.04 Å². The molecule has 0 saturated heterocycles. The van der Waals surface area contributed by atoms with Crippen molar-refractivity contribution in [1.82, 2.24) is 5.32 Å². The fraction of sp³-hybridized carbons (Fsp3) is 0.533. The van der Waals surface area contributed by atoms with Crippen LogP contribution in [-0.2, 0) is 10.2 Å². The minimum absolute atomic E-state index is 0. The molecule has 1 saturated carbocycles. The van der Waals surface area contributed by atoms with Crippen molar-refractivity contribution in [2.45, 2.75) is 44.1 Å². The van der Waals surface area contributed by atoms with Crippen molar-refractivity contribution >= 4 is 29.9 Å². The molecule has 0 radical (unpaired) electrons. The average molecular weight is 317 g/mol. The second-order valence-electron chi connectivity index (χ2n) is 5.50. The van der Waals surface area contributed by atoms with Crippen LogP contribution in [0.15, 0.2) is 24.3 Å². The van der Waals surface area contributed by atoms with Gasteiger partial charge in [-0.2, -0.15) is 0 Å². The molecule has 20 heavy (non-hydrogen) atoms. The summed E-state index contributed by atoms with van der Waals surface area (Å²) in [4.78, 5) is 11.7. The van der Waals surface area contributed by atoms with Crippen molar-refractivity contribution in [3.05, 3.63) is 34.9 Å². The quantitative estimate of drug-likeness (QED) is 0.897. The molecule has 1 aromatic rings. The van der Waals surface area contributed by atoms with Crippen molar-refractivity contribution < 1.29 is 4.79 Å². The van der Waals surface area contributed by atoms with Crippen LogP contribution in [0.4, 0.5) is 0 Å². The van der Waals surface area contributed by atoms with Crippen molar-refractivity contribution in [3.8, 4) is 0 Å². The number of benzene rings is 1. The minimum atomic E-state index is -0.460. The summed E-state index contributed by atoms with van der Waals surface area (Å²) in [6.07, 6.45) is 4.57. The predicted octanol–water partition coefficient (Wildman–Crippen LogP) is 3.04. The second-order valence-corrected chi connectivity index (χ2v) is 5.94. The highest BCUT2D eigenvalue weighted by molar-refractivity contribution is 6.30. The SMILES string of the molecule is C[C@@H](N)C(=O)NCC1(c2cccc(Cl)c2)CCCC1.Cl. The van der Waals surface area contributed by atoms with Crippen LogP contribution in [0.5, 0.6) is 0 Å². The van der Waals surface area contributed by atoms with E-state index in [4.69, 9.17) is 17.3 Å². The number of halogens is 2. The highest BCUT2D eigenvalue weighted by Crippen LogP contribution is 2.41. The van der Waals surface area contributed by atoms with Gasteiger partial charge in [0.2, 0.25) is 5.91 Å². The number of carbonyl (C=O) groups is 1. The monoisotopic (exact) mass is 316 g/mol. The van der Waals surface area contributed by atoms with Gasteiger partial charge in [0.1, 0.15) is 0 Å². The highest BCUT2D eigenvalue weighted by Gasteiger charge is 2.36. The largest absolute Gasteiger partial charge is 0.354 e. The molecule has 5 heteroatoms. The lowest BCUT2D eigenvalue weighted by atomic mass is 9.79. The number of carbonyl (C=O) groups excluding carboxylic acids is 1. The van der Waals surface area contributed by atoms with Crippen LogP contribution in [0.1, 0.15) is 38.2 Å². The molecule has 1 amide bonds. The van der Waals surface area contributed by atoms with Gasteiger partial charge in [0.25, 0.3) is 0 Å². The molecule has 3 N–H and O–H groups in total. The Morgan fingerprint density at radius 2 is 2.10 bits per heavy atom. The van der Waals surface area contributed by atoms with E-state index in [1.807, 2.05) is 18.2 Å². The fourth-order valence-corrected chi connectivity index (χ4v) is 3.05. The van der Waals surface area contributed by atoms with E-state index < -0.39 is 6.04 Å². The molecule has 1 fully saturated rings. The molecule has 0 heterocycles. The Kier molecular flexibility index (Phi) is 6.31. The third-order valence-corrected chi connectivity index (χ3v) is 4.25. The lowest BCUT2D eigenvalue weighted by Crippen LogP contribution is -2.45. The standard InChI is InChI=1S/C15H21ClN2O.ClH/c1-11(17)14(19)18-10-15(7-2-3-8-15)12-5-4-6-13(16)9-12;/h4-6,9,11H,2-3,7-8,10,17H2,1H3,(H,18,19);1H/t11-;/m1./s1. The first-order valence-electron chi connectivity index (χ1n) is 6.83. The Morgan fingerprint density at radius 1 is 1.45 bits per heavy atom. The normalized spacial score (nSPS) is 18.1. The van der Waals surface area contributed by atoms with Crippen LogP contribution in [0.3, 0.4) is 0 Å². The summed E-state index contributed by atoms with van der Waals surface area (Å²) >= 11 is 6.09. The van der Waals surface area contributed by atoms with Crippen molar-refractivity contribution in [2.75, 3.05) is 6.54 Å². The molecule has 1 aliphatic carbocycles. The number of hydrogen-bond donors (Lipinski definition) is 2. The molecule has 0 unspecified atom stereocenters. The van der Waals surface area contributed by atoms with Crippen LogP contribution in [-0.4, -0.2) is 18.5 Å². The summed E-state index contributed by atoms with van der Waals surface area (Å²) in [5.41, 5.74) is 6.84. The molecule has 0 aromatic heterocycles. The van der Waals surface area contributed by atoms with E-state index >= 15 is 0 Å². The van der Waals surface area contributed by atoms with Crippen LogP contribution in [0, 0.1) is 0 Å². The molecule has 2 rings (SSSR count). The van der Waals surface area contributed by atoms with Crippen LogP contribution in [0.2, 0.25) is 5.02 Å². The van der Waals surface area contributed by atoms with E-state index in [9.17, 15) is 4.79 Å². The Bertz CT molecular complexity index is 457. The van der Waals surface area contributed by atoms with E-state index in [-0.39, 0.29) is 23.7 Å². The first-order valence-corrected chi connectivity index (χ1v) is 7.21. The smallest absolute Gasteiger partial charge is 0.236 e. The number of rotatable bonds is 4. The van der Waals surface area contributed by atoms with E-state index in [0.29, 0.717) is 6.54 Å². The van der Waals surface area contributed by atoms with Gasteiger partial charge in [-0.3, -0.25) is 4.79 Å². The molecule has 1 atom stereocenters. The fourth-order valence-electron chi connectivity index (χ4n) is 2.85. The van der Waals surface area contributed by atoms with Gasteiger partial charge in [-0.15, -0.1) is 12.4 Å². The molecule has 3 nitrogen and oxygen atoms in total. The summed E-state index contributed by atoms with van der Waals surface area (Å²) in [6.45, 7) is 2.35. The molecule has 112 valence electrons. The second kappa shape index (κ2) is 7.30. The predicted molar refractivity (Wildman–Crippen MR) is 85.5 cm³/mol. The van der Waals surface area contributed by atoms with Gasteiger partial charge in [0.15, 0.2) is 0 Å². The maximum atomic E-state index is 11.7.